The summed E-state index contributed by atoms with van der Waals surface area (Å²) < 4.78 is 0. The second-order valence-electron chi connectivity index (χ2n) is 5.36. The van der Waals surface area contributed by atoms with Gasteiger partial charge in [0.25, 0.3) is 0 Å². The van der Waals surface area contributed by atoms with E-state index in [2.05, 4.69) is 60.5 Å². The third kappa shape index (κ3) is 3.53. The van der Waals surface area contributed by atoms with E-state index in [1.54, 1.807) is 17.7 Å². The van der Waals surface area contributed by atoms with Gasteiger partial charge < -0.3 is 5.32 Å². The molecule has 0 aliphatic carbocycles. The van der Waals surface area contributed by atoms with Gasteiger partial charge in [-0.1, -0.05) is 33.8 Å². The van der Waals surface area contributed by atoms with Crippen molar-refractivity contribution < 1.29 is 0 Å². The lowest BCUT2D eigenvalue weighted by Crippen LogP contribution is -2.16. The van der Waals surface area contributed by atoms with Gasteiger partial charge >= 0.3 is 0 Å². The molecule has 0 bridgehead atoms. The molecule has 3 nitrogen and oxygen atoms in total. The van der Waals surface area contributed by atoms with Crippen molar-refractivity contribution in [3.63, 3.8) is 0 Å². The van der Waals surface area contributed by atoms with E-state index in [0.29, 0.717) is 17.9 Å². The number of hydrogen-bond acceptors (Lipinski definition) is 4. The van der Waals surface area contributed by atoms with Crippen LogP contribution in [0.1, 0.15) is 50.2 Å². The molecule has 4 heteroatoms. The summed E-state index contributed by atoms with van der Waals surface area (Å²) in [7, 11) is 0. The lowest BCUT2D eigenvalue weighted by Gasteiger charge is -2.22. The van der Waals surface area contributed by atoms with Crippen molar-refractivity contribution in [1.82, 2.24) is 9.97 Å². The molecule has 102 valence electrons. The highest BCUT2D eigenvalue weighted by Gasteiger charge is 2.17. The van der Waals surface area contributed by atoms with Crippen molar-refractivity contribution >= 4 is 17.2 Å². The first-order chi connectivity index (χ1) is 9.08. The Balaban J connectivity index is 2.20. The Morgan fingerprint density at radius 3 is 2.53 bits per heavy atom. The molecule has 0 saturated heterocycles. The Labute approximate surface area is 119 Å². The summed E-state index contributed by atoms with van der Waals surface area (Å²) >= 11 is 1.78. The summed E-state index contributed by atoms with van der Waals surface area (Å²) in [6.07, 6.45) is 1.64. The summed E-state index contributed by atoms with van der Waals surface area (Å²) in [4.78, 5) is 9.99. The third-order valence-electron chi connectivity index (χ3n) is 3.10. The maximum absolute atomic E-state index is 4.34. The maximum atomic E-state index is 4.34. The number of hydrogen-bond donors (Lipinski definition) is 1. The number of anilines is 1. The molecule has 1 atom stereocenters. The minimum Gasteiger partial charge on any atom is -0.362 e. The lowest BCUT2D eigenvalue weighted by molar-refractivity contribution is 0.551. The van der Waals surface area contributed by atoms with Crippen LogP contribution in [-0.2, 0) is 0 Å². The fraction of sp³-hybridized carbons (Fsp3) is 0.467. The van der Waals surface area contributed by atoms with Crippen LogP contribution in [-0.4, -0.2) is 9.97 Å². The zero-order valence-corrected chi connectivity index (χ0v) is 12.7. The summed E-state index contributed by atoms with van der Waals surface area (Å²) in [6.45, 7) is 8.74. The normalized spacial score (nSPS) is 12.9. The van der Waals surface area contributed by atoms with Gasteiger partial charge in [-0.2, -0.15) is 0 Å². The molecule has 0 radical (unpaired) electrons. The number of nitrogens with zero attached hydrogens (tertiary/aromatic N) is 2. The average molecular weight is 275 g/mol. The molecule has 0 fully saturated rings. The van der Waals surface area contributed by atoms with Crippen molar-refractivity contribution in [2.24, 2.45) is 5.92 Å². The Kier molecular flexibility index (Phi) is 4.53. The van der Waals surface area contributed by atoms with Crippen LogP contribution in [0.5, 0.6) is 0 Å². The highest BCUT2D eigenvalue weighted by Crippen LogP contribution is 2.29. The molecule has 0 amide bonds. The van der Waals surface area contributed by atoms with Crippen LogP contribution in [0.4, 0.5) is 5.82 Å². The molecule has 0 spiro atoms. The Hall–Kier alpha value is -1.42. The summed E-state index contributed by atoms with van der Waals surface area (Å²) in [5.74, 6) is 1.84. The van der Waals surface area contributed by atoms with Crippen LogP contribution in [0, 0.1) is 5.92 Å². The van der Waals surface area contributed by atoms with E-state index >= 15 is 0 Å². The summed E-state index contributed by atoms with van der Waals surface area (Å²) in [6, 6.07) is 6.62. The van der Waals surface area contributed by atoms with E-state index < -0.39 is 0 Å². The Morgan fingerprint density at radius 2 is 1.95 bits per heavy atom. The van der Waals surface area contributed by atoms with Gasteiger partial charge in [0.1, 0.15) is 12.1 Å². The molecule has 2 rings (SSSR count). The van der Waals surface area contributed by atoms with Crippen molar-refractivity contribution in [3.8, 4) is 0 Å². The zero-order valence-electron chi connectivity index (χ0n) is 11.9. The van der Waals surface area contributed by atoms with Crippen LogP contribution in [0.15, 0.2) is 29.9 Å². The Morgan fingerprint density at radius 1 is 1.16 bits per heavy atom. The predicted molar refractivity (Wildman–Crippen MR) is 81.6 cm³/mol. The first-order valence-electron chi connectivity index (χ1n) is 6.69. The number of rotatable bonds is 5. The largest absolute Gasteiger partial charge is 0.362 e. The summed E-state index contributed by atoms with van der Waals surface area (Å²) in [5, 5.41) is 5.65. The first-order valence-corrected chi connectivity index (χ1v) is 7.57. The van der Waals surface area contributed by atoms with Gasteiger partial charge in [0.15, 0.2) is 0 Å². The van der Waals surface area contributed by atoms with Gasteiger partial charge in [0.2, 0.25) is 0 Å². The minimum absolute atomic E-state index is 0.301. The van der Waals surface area contributed by atoms with E-state index in [-0.39, 0.29) is 0 Å². The summed E-state index contributed by atoms with van der Waals surface area (Å²) in [5.41, 5.74) is 1.08. The molecular weight excluding hydrogens is 254 g/mol. The number of nitrogens with one attached hydrogen (secondary N) is 1. The molecule has 19 heavy (non-hydrogen) atoms. The van der Waals surface area contributed by atoms with E-state index in [4.69, 9.17) is 0 Å². The van der Waals surface area contributed by atoms with Gasteiger partial charge in [-0.25, -0.2) is 9.97 Å². The molecule has 0 aromatic carbocycles. The van der Waals surface area contributed by atoms with Crippen LogP contribution < -0.4 is 5.32 Å². The van der Waals surface area contributed by atoms with Crippen molar-refractivity contribution in [2.45, 2.75) is 39.7 Å². The van der Waals surface area contributed by atoms with Crippen LogP contribution in [0.2, 0.25) is 0 Å². The quantitative estimate of drug-likeness (QED) is 0.874. The highest BCUT2D eigenvalue weighted by atomic mass is 32.1. The number of aromatic nitrogens is 2. The first kappa shape index (κ1) is 14.0. The van der Waals surface area contributed by atoms with Gasteiger partial charge in [0, 0.05) is 16.6 Å². The fourth-order valence-electron chi connectivity index (χ4n) is 1.96. The SMILES string of the molecule is CC(C)c1cc(NC(c2cccs2)C(C)C)ncn1. The number of thiophene rings is 1. The average Bonchev–Trinajstić information content (AvgIpc) is 2.89. The van der Waals surface area contributed by atoms with Crippen LogP contribution in [0.3, 0.4) is 0 Å². The van der Waals surface area contributed by atoms with Gasteiger partial charge in [-0.3, -0.25) is 0 Å². The zero-order chi connectivity index (χ0) is 13.8. The maximum Gasteiger partial charge on any atom is 0.130 e. The van der Waals surface area contributed by atoms with Crippen LogP contribution >= 0.6 is 11.3 Å². The molecule has 1 N–H and O–H groups in total. The molecule has 0 aliphatic heterocycles. The fourth-order valence-corrected chi connectivity index (χ4v) is 2.91. The molecule has 2 heterocycles. The smallest absolute Gasteiger partial charge is 0.130 e. The Bertz CT molecular complexity index is 506. The van der Waals surface area contributed by atoms with Crippen LogP contribution in [0.25, 0.3) is 0 Å². The van der Waals surface area contributed by atoms with Crippen molar-refractivity contribution in [2.75, 3.05) is 5.32 Å². The molecule has 0 aliphatic rings. The molecule has 2 aromatic rings. The molecular formula is C15H21N3S. The topological polar surface area (TPSA) is 37.8 Å². The van der Waals surface area contributed by atoms with Gasteiger partial charge in [0.05, 0.1) is 6.04 Å². The van der Waals surface area contributed by atoms with Crippen molar-refractivity contribution in [1.29, 1.82) is 0 Å². The van der Waals surface area contributed by atoms with Crippen molar-refractivity contribution in [3.05, 3.63) is 40.5 Å². The second-order valence-corrected chi connectivity index (χ2v) is 6.34. The van der Waals surface area contributed by atoms with E-state index in [1.807, 2.05) is 6.07 Å². The lowest BCUT2D eigenvalue weighted by atomic mass is 10.0. The van der Waals surface area contributed by atoms with E-state index in [9.17, 15) is 0 Å². The standard InChI is InChI=1S/C15H21N3S/c1-10(2)12-8-14(17-9-16-12)18-15(11(3)4)13-6-5-7-19-13/h5-11,15H,1-4H3,(H,16,17,18). The highest BCUT2D eigenvalue weighted by molar-refractivity contribution is 7.10. The van der Waals surface area contributed by atoms with Gasteiger partial charge in [-0.05, 0) is 23.3 Å². The van der Waals surface area contributed by atoms with E-state index in [0.717, 1.165) is 11.5 Å². The minimum atomic E-state index is 0.301. The van der Waals surface area contributed by atoms with E-state index in [1.165, 1.54) is 4.88 Å². The molecule has 0 saturated carbocycles. The molecule has 1 unspecified atom stereocenters. The second kappa shape index (κ2) is 6.15. The molecule has 2 aromatic heterocycles. The third-order valence-corrected chi connectivity index (χ3v) is 4.05. The monoisotopic (exact) mass is 275 g/mol. The van der Waals surface area contributed by atoms with Gasteiger partial charge in [-0.15, -0.1) is 11.3 Å². The predicted octanol–water partition coefficient (Wildman–Crippen LogP) is 4.47.